The SMILES string of the molecule is CNC(=O)c1ccc(N)cc1Nc1cc(C)cc(Br)c1. The van der Waals surface area contributed by atoms with Crippen LogP contribution >= 0.6 is 15.9 Å². The van der Waals surface area contributed by atoms with Crippen LogP contribution in [0.1, 0.15) is 15.9 Å². The predicted octanol–water partition coefficient (Wildman–Crippen LogP) is 3.44. The van der Waals surface area contributed by atoms with E-state index in [9.17, 15) is 4.79 Å². The normalized spacial score (nSPS) is 10.2. The Bertz CT molecular complexity index is 635. The van der Waals surface area contributed by atoms with Gasteiger partial charge in [-0.1, -0.05) is 15.9 Å². The predicted molar refractivity (Wildman–Crippen MR) is 86.4 cm³/mol. The van der Waals surface area contributed by atoms with Crippen LogP contribution in [0.2, 0.25) is 0 Å². The van der Waals surface area contributed by atoms with Crippen LogP contribution < -0.4 is 16.4 Å². The van der Waals surface area contributed by atoms with E-state index in [2.05, 4.69) is 26.6 Å². The van der Waals surface area contributed by atoms with Gasteiger partial charge < -0.3 is 16.4 Å². The number of carbonyl (C=O) groups is 1. The zero-order chi connectivity index (χ0) is 14.7. The molecule has 4 nitrogen and oxygen atoms in total. The Morgan fingerprint density at radius 3 is 2.60 bits per heavy atom. The molecular formula is C15H16BrN3O. The minimum atomic E-state index is -0.154. The second-order valence-electron chi connectivity index (χ2n) is 4.53. The molecule has 0 heterocycles. The van der Waals surface area contributed by atoms with E-state index in [-0.39, 0.29) is 5.91 Å². The first-order chi connectivity index (χ1) is 9.49. The molecule has 0 aliphatic carbocycles. The van der Waals surface area contributed by atoms with Gasteiger partial charge in [-0.2, -0.15) is 0 Å². The molecule has 0 saturated carbocycles. The monoisotopic (exact) mass is 333 g/mol. The van der Waals surface area contributed by atoms with Crippen molar-refractivity contribution in [1.82, 2.24) is 5.32 Å². The van der Waals surface area contributed by atoms with E-state index in [0.717, 1.165) is 15.7 Å². The van der Waals surface area contributed by atoms with E-state index in [1.54, 1.807) is 25.2 Å². The van der Waals surface area contributed by atoms with Crippen LogP contribution in [0, 0.1) is 6.92 Å². The van der Waals surface area contributed by atoms with Crippen LogP contribution in [-0.2, 0) is 0 Å². The van der Waals surface area contributed by atoms with Crippen LogP contribution in [-0.4, -0.2) is 13.0 Å². The number of nitrogens with one attached hydrogen (secondary N) is 2. The summed E-state index contributed by atoms with van der Waals surface area (Å²) in [7, 11) is 1.60. The van der Waals surface area contributed by atoms with Crippen molar-refractivity contribution in [3.63, 3.8) is 0 Å². The molecule has 0 atom stereocenters. The number of hydrogen-bond donors (Lipinski definition) is 3. The average Bonchev–Trinajstić information content (AvgIpc) is 2.37. The summed E-state index contributed by atoms with van der Waals surface area (Å²) in [5.41, 5.74) is 9.66. The molecule has 0 bridgehead atoms. The number of benzene rings is 2. The van der Waals surface area contributed by atoms with Gasteiger partial charge in [0.25, 0.3) is 5.91 Å². The van der Waals surface area contributed by atoms with E-state index in [1.807, 2.05) is 25.1 Å². The molecule has 0 aliphatic heterocycles. The Balaban J connectivity index is 2.41. The smallest absolute Gasteiger partial charge is 0.253 e. The highest BCUT2D eigenvalue weighted by atomic mass is 79.9. The molecule has 20 heavy (non-hydrogen) atoms. The quantitative estimate of drug-likeness (QED) is 0.753. The fraction of sp³-hybridized carbons (Fsp3) is 0.133. The molecule has 0 saturated heterocycles. The van der Waals surface area contributed by atoms with Crippen LogP contribution in [0.3, 0.4) is 0 Å². The Hall–Kier alpha value is -2.01. The minimum absolute atomic E-state index is 0.154. The number of carbonyl (C=O) groups excluding carboxylic acids is 1. The first-order valence-electron chi connectivity index (χ1n) is 6.15. The number of amides is 1. The van der Waals surface area contributed by atoms with Gasteiger partial charge in [0, 0.05) is 22.9 Å². The molecule has 0 aliphatic rings. The third kappa shape index (κ3) is 3.30. The Morgan fingerprint density at radius 2 is 1.95 bits per heavy atom. The van der Waals surface area contributed by atoms with Crippen molar-refractivity contribution in [2.45, 2.75) is 6.92 Å². The van der Waals surface area contributed by atoms with E-state index in [4.69, 9.17) is 5.73 Å². The summed E-state index contributed by atoms with van der Waals surface area (Å²) >= 11 is 3.46. The highest BCUT2D eigenvalue weighted by molar-refractivity contribution is 9.10. The fourth-order valence-electron chi connectivity index (χ4n) is 1.96. The highest BCUT2D eigenvalue weighted by Crippen LogP contribution is 2.26. The van der Waals surface area contributed by atoms with Crippen molar-refractivity contribution in [3.05, 3.63) is 52.0 Å². The number of nitrogen functional groups attached to an aromatic ring is 1. The van der Waals surface area contributed by atoms with Crippen molar-refractivity contribution < 1.29 is 4.79 Å². The van der Waals surface area contributed by atoms with E-state index in [1.165, 1.54) is 0 Å². The number of anilines is 3. The van der Waals surface area contributed by atoms with Crippen LogP contribution in [0.4, 0.5) is 17.1 Å². The number of nitrogens with two attached hydrogens (primary N) is 1. The Morgan fingerprint density at radius 1 is 1.20 bits per heavy atom. The largest absolute Gasteiger partial charge is 0.399 e. The molecule has 2 aromatic carbocycles. The van der Waals surface area contributed by atoms with Crippen molar-refractivity contribution in [1.29, 1.82) is 0 Å². The van der Waals surface area contributed by atoms with Crippen molar-refractivity contribution in [2.24, 2.45) is 0 Å². The molecule has 0 spiro atoms. The lowest BCUT2D eigenvalue weighted by Crippen LogP contribution is -2.19. The zero-order valence-corrected chi connectivity index (χ0v) is 12.9. The van der Waals surface area contributed by atoms with Gasteiger partial charge in [0.1, 0.15) is 0 Å². The first kappa shape index (κ1) is 14.4. The van der Waals surface area contributed by atoms with Gasteiger partial charge in [0.2, 0.25) is 0 Å². The van der Waals surface area contributed by atoms with Crippen molar-refractivity contribution in [3.8, 4) is 0 Å². The molecule has 0 radical (unpaired) electrons. The van der Waals surface area contributed by atoms with Gasteiger partial charge in [0.15, 0.2) is 0 Å². The second kappa shape index (κ2) is 5.96. The van der Waals surface area contributed by atoms with Gasteiger partial charge in [-0.15, -0.1) is 0 Å². The lowest BCUT2D eigenvalue weighted by molar-refractivity contribution is 0.0964. The molecular weight excluding hydrogens is 318 g/mol. The van der Waals surface area contributed by atoms with Crippen LogP contribution in [0.5, 0.6) is 0 Å². The minimum Gasteiger partial charge on any atom is -0.399 e. The molecule has 0 fully saturated rings. The molecule has 2 aromatic rings. The van der Waals surface area contributed by atoms with Gasteiger partial charge in [-0.3, -0.25) is 4.79 Å². The highest BCUT2D eigenvalue weighted by Gasteiger charge is 2.10. The Labute approximate surface area is 126 Å². The summed E-state index contributed by atoms with van der Waals surface area (Å²) in [6.45, 7) is 2.01. The zero-order valence-electron chi connectivity index (χ0n) is 11.3. The van der Waals surface area contributed by atoms with E-state index in [0.29, 0.717) is 16.9 Å². The number of aryl methyl sites for hydroxylation is 1. The Kier molecular flexibility index (Phi) is 4.29. The lowest BCUT2D eigenvalue weighted by atomic mass is 10.1. The van der Waals surface area contributed by atoms with E-state index >= 15 is 0 Å². The van der Waals surface area contributed by atoms with Gasteiger partial charge in [-0.25, -0.2) is 0 Å². The summed E-state index contributed by atoms with van der Waals surface area (Å²) in [5.74, 6) is -0.154. The molecule has 4 N–H and O–H groups in total. The topological polar surface area (TPSA) is 67.2 Å². The molecule has 1 amide bonds. The first-order valence-corrected chi connectivity index (χ1v) is 6.94. The average molecular weight is 334 g/mol. The summed E-state index contributed by atoms with van der Waals surface area (Å²) in [6, 6.07) is 11.1. The van der Waals surface area contributed by atoms with E-state index < -0.39 is 0 Å². The third-order valence-corrected chi connectivity index (χ3v) is 3.29. The third-order valence-electron chi connectivity index (χ3n) is 2.84. The molecule has 5 heteroatoms. The van der Waals surface area contributed by atoms with Crippen LogP contribution in [0.25, 0.3) is 0 Å². The van der Waals surface area contributed by atoms with Crippen LogP contribution in [0.15, 0.2) is 40.9 Å². The lowest BCUT2D eigenvalue weighted by Gasteiger charge is -2.13. The fourth-order valence-corrected chi connectivity index (χ4v) is 2.57. The maximum absolute atomic E-state index is 11.9. The van der Waals surface area contributed by atoms with Gasteiger partial charge in [-0.05, 0) is 48.9 Å². The number of halogens is 1. The summed E-state index contributed by atoms with van der Waals surface area (Å²) < 4.78 is 0.977. The van der Waals surface area contributed by atoms with Gasteiger partial charge in [0.05, 0.1) is 11.3 Å². The summed E-state index contributed by atoms with van der Waals surface area (Å²) in [4.78, 5) is 11.9. The summed E-state index contributed by atoms with van der Waals surface area (Å²) in [5, 5.41) is 5.86. The number of rotatable bonds is 3. The number of hydrogen-bond acceptors (Lipinski definition) is 3. The maximum atomic E-state index is 11.9. The van der Waals surface area contributed by atoms with Crippen molar-refractivity contribution >= 4 is 38.9 Å². The molecule has 0 aromatic heterocycles. The second-order valence-corrected chi connectivity index (χ2v) is 5.44. The summed E-state index contributed by atoms with van der Waals surface area (Å²) in [6.07, 6.45) is 0. The molecule has 2 rings (SSSR count). The van der Waals surface area contributed by atoms with Crippen molar-refractivity contribution in [2.75, 3.05) is 18.1 Å². The maximum Gasteiger partial charge on any atom is 0.253 e. The standard InChI is InChI=1S/C15H16BrN3O/c1-9-5-10(16)7-12(6-9)19-14-8-11(17)3-4-13(14)15(20)18-2/h3-8,19H,17H2,1-2H3,(H,18,20). The molecule has 104 valence electrons. The molecule has 0 unspecified atom stereocenters. The van der Waals surface area contributed by atoms with Gasteiger partial charge >= 0.3 is 0 Å².